The lowest BCUT2D eigenvalue weighted by molar-refractivity contribution is 0.679. The van der Waals surface area contributed by atoms with E-state index in [2.05, 4.69) is 36.9 Å². The average molecular weight is 346 g/mol. The molecular formula is C20H22N6. The van der Waals surface area contributed by atoms with Crippen molar-refractivity contribution in [2.45, 2.75) is 32.1 Å². The number of nitrogens with one attached hydrogen (secondary N) is 2. The van der Waals surface area contributed by atoms with Gasteiger partial charge in [-0.05, 0) is 44.2 Å². The molecule has 1 aliphatic carbocycles. The number of nitrogens with zero attached hydrogens (tertiary/aromatic N) is 4. The number of benzene rings is 1. The van der Waals surface area contributed by atoms with E-state index in [1.165, 1.54) is 31.3 Å². The van der Waals surface area contributed by atoms with E-state index in [-0.39, 0.29) is 0 Å². The first-order valence-corrected chi connectivity index (χ1v) is 9.11. The molecule has 0 saturated carbocycles. The van der Waals surface area contributed by atoms with Gasteiger partial charge in [0.2, 0.25) is 5.95 Å². The van der Waals surface area contributed by atoms with Crippen molar-refractivity contribution in [3.63, 3.8) is 0 Å². The second-order valence-electron chi connectivity index (χ2n) is 6.46. The maximum Gasteiger partial charge on any atom is 0.244 e. The Bertz CT molecular complexity index is 916. The van der Waals surface area contributed by atoms with E-state index >= 15 is 0 Å². The van der Waals surface area contributed by atoms with E-state index < -0.39 is 0 Å². The quantitative estimate of drug-likeness (QED) is 0.642. The Hall–Kier alpha value is -3.02. The molecule has 0 fully saturated rings. The summed E-state index contributed by atoms with van der Waals surface area (Å²) in [7, 11) is 0. The van der Waals surface area contributed by atoms with Gasteiger partial charge in [-0.2, -0.15) is 10.1 Å². The minimum atomic E-state index is 0.541. The maximum atomic E-state index is 4.51. The number of para-hydroxylation sites is 1. The molecule has 2 heterocycles. The van der Waals surface area contributed by atoms with Crippen LogP contribution in [0.4, 0.5) is 17.5 Å². The summed E-state index contributed by atoms with van der Waals surface area (Å²) in [5.41, 5.74) is 3.35. The van der Waals surface area contributed by atoms with Gasteiger partial charge in [0.15, 0.2) is 5.82 Å². The van der Waals surface area contributed by atoms with Crippen LogP contribution in [0.1, 0.15) is 32.1 Å². The van der Waals surface area contributed by atoms with Gasteiger partial charge in [-0.1, -0.05) is 29.8 Å². The summed E-state index contributed by atoms with van der Waals surface area (Å²) in [6.07, 6.45) is 11.9. The smallest absolute Gasteiger partial charge is 0.244 e. The van der Waals surface area contributed by atoms with Crippen LogP contribution in [0.3, 0.4) is 0 Å². The van der Waals surface area contributed by atoms with Crippen molar-refractivity contribution in [2.75, 3.05) is 17.2 Å². The highest BCUT2D eigenvalue weighted by Crippen LogP contribution is 2.24. The molecule has 26 heavy (non-hydrogen) atoms. The zero-order chi connectivity index (χ0) is 17.6. The standard InChI is InChI=1S/C20H22N6/c1-2-6-15(7-3-1)11-13-22-20-25-18(14-23-26-20)24-17-10-4-8-16-9-5-12-21-19(16)17/h4-6,8-10,12,14H,1-3,7,11,13H2,(H2,22,24,25,26). The lowest BCUT2D eigenvalue weighted by Crippen LogP contribution is -2.09. The molecule has 4 rings (SSSR count). The van der Waals surface area contributed by atoms with Crippen molar-refractivity contribution in [3.8, 4) is 0 Å². The maximum absolute atomic E-state index is 4.51. The number of fused-ring (bicyclic) bond motifs is 1. The number of anilines is 3. The van der Waals surface area contributed by atoms with Gasteiger partial charge >= 0.3 is 0 Å². The van der Waals surface area contributed by atoms with Gasteiger partial charge in [0.1, 0.15) is 0 Å². The largest absolute Gasteiger partial charge is 0.353 e. The van der Waals surface area contributed by atoms with E-state index in [4.69, 9.17) is 0 Å². The van der Waals surface area contributed by atoms with Crippen molar-refractivity contribution < 1.29 is 0 Å². The SMILES string of the molecule is C1=C(CCNc2nncc(Nc3cccc4cccnc34)n2)CCCC1. The second kappa shape index (κ2) is 7.91. The normalized spacial score (nSPS) is 14.1. The first-order chi connectivity index (χ1) is 12.9. The molecule has 1 aliphatic rings. The second-order valence-corrected chi connectivity index (χ2v) is 6.46. The molecule has 0 atom stereocenters. The average Bonchev–Trinajstić information content (AvgIpc) is 2.70. The van der Waals surface area contributed by atoms with Gasteiger partial charge < -0.3 is 10.6 Å². The van der Waals surface area contributed by atoms with Crippen LogP contribution in [0, 0.1) is 0 Å². The molecular weight excluding hydrogens is 324 g/mol. The molecule has 0 bridgehead atoms. The highest BCUT2D eigenvalue weighted by molar-refractivity contribution is 5.91. The highest BCUT2D eigenvalue weighted by Gasteiger charge is 2.06. The Balaban J connectivity index is 1.43. The molecule has 0 saturated heterocycles. The summed E-state index contributed by atoms with van der Waals surface area (Å²) in [6, 6.07) is 10.00. The first-order valence-electron chi connectivity index (χ1n) is 9.11. The molecule has 0 unspecified atom stereocenters. The molecule has 132 valence electrons. The van der Waals surface area contributed by atoms with Crippen molar-refractivity contribution in [1.29, 1.82) is 0 Å². The topological polar surface area (TPSA) is 75.6 Å². The van der Waals surface area contributed by atoms with Gasteiger partial charge in [-0.15, -0.1) is 5.10 Å². The van der Waals surface area contributed by atoms with E-state index in [9.17, 15) is 0 Å². The van der Waals surface area contributed by atoms with Crippen LogP contribution in [-0.4, -0.2) is 26.7 Å². The number of allylic oxidation sites excluding steroid dienone is 1. The summed E-state index contributed by atoms with van der Waals surface area (Å²) in [6.45, 7) is 0.826. The van der Waals surface area contributed by atoms with E-state index in [1.54, 1.807) is 12.4 Å². The van der Waals surface area contributed by atoms with Crippen molar-refractivity contribution in [2.24, 2.45) is 0 Å². The molecule has 6 heteroatoms. The van der Waals surface area contributed by atoms with Crippen LogP contribution in [0.2, 0.25) is 0 Å². The fraction of sp³-hybridized carbons (Fsp3) is 0.300. The third-order valence-electron chi connectivity index (χ3n) is 4.57. The Morgan fingerprint density at radius 3 is 2.96 bits per heavy atom. The van der Waals surface area contributed by atoms with Gasteiger partial charge in [0.25, 0.3) is 0 Å². The summed E-state index contributed by atoms with van der Waals surface area (Å²) in [5, 5.41) is 15.8. The monoisotopic (exact) mass is 346 g/mol. The van der Waals surface area contributed by atoms with Gasteiger partial charge in [0, 0.05) is 18.1 Å². The number of pyridine rings is 1. The lowest BCUT2D eigenvalue weighted by Gasteiger charge is -2.13. The highest BCUT2D eigenvalue weighted by atomic mass is 15.3. The molecule has 1 aromatic carbocycles. The van der Waals surface area contributed by atoms with Crippen molar-refractivity contribution in [1.82, 2.24) is 20.2 Å². The lowest BCUT2D eigenvalue weighted by atomic mass is 9.97. The van der Waals surface area contributed by atoms with Crippen LogP contribution in [0.5, 0.6) is 0 Å². The Morgan fingerprint density at radius 2 is 2.04 bits per heavy atom. The number of hydrogen-bond donors (Lipinski definition) is 2. The number of rotatable bonds is 6. The minimum absolute atomic E-state index is 0.541. The molecule has 0 radical (unpaired) electrons. The van der Waals surface area contributed by atoms with E-state index in [0.717, 1.165) is 29.6 Å². The Morgan fingerprint density at radius 1 is 1.08 bits per heavy atom. The third kappa shape index (κ3) is 3.96. The van der Waals surface area contributed by atoms with Crippen LogP contribution in [0.15, 0.2) is 54.4 Å². The summed E-state index contributed by atoms with van der Waals surface area (Å²) in [4.78, 5) is 8.97. The van der Waals surface area contributed by atoms with Crippen molar-refractivity contribution in [3.05, 3.63) is 54.4 Å². The summed E-state index contributed by atoms with van der Waals surface area (Å²) in [5.74, 6) is 1.19. The number of hydrogen-bond acceptors (Lipinski definition) is 6. The molecule has 0 amide bonds. The summed E-state index contributed by atoms with van der Waals surface area (Å²) < 4.78 is 0. The fourth-order valence-electron chi connectivity index (χ4n) is 3.25. The van der Waals surface area contributed by atoms with Crippen molar-refractivity contribution >= 4 is 28.4 Å². The molecule has 0 spiro atoms. The Kier molecular flexibility index (Phi) is 5.00. The Labute approximate surface area is 152 Å². The van der Waals surface area contributed by atoms with Gasteiger partial charge in [-0.3, -0.25) is 4.98 Å². The molecule has 2 aromatic heterocycles. The van der Waals surface area contributed by atoms with Crippen LogP contribution in [0.25, 0.3) is 10.9 Å². The molecule has 3 aromatic rings. The van der Waals surface area contributed by atoms with E-state index in [1.807, 2.05) is 30.3 Å². The fourth-order valence-corrected chi connectivity index (χ4v) is 3.25. The minimum Gasteiger partial charge on any atom is -0.353 e. The van der Waals surface area contributed by atoms with Gasteiger partial charge in [-0.25, -0.2) is 0 Å². The van der Waals surface area contributed by atoms with Crippen LogP contribution >= 0.6 is 0 Å². The predicted octanol–water partition coefficient (Wildman–Crippen LogP) is 4.47. The van der Waals surface area contributed by atoms with E-state index in [0.29, 0.717) is 11.8 Å². The van der Waals surface area contributed by atoms with Crippen LogP contribution in [-0.2, 0) is 0 Å². The predicted molar refractivity (Wildman–Crippen MR) is 105 cm³/mol. The molecule has 2 N–H and O–H groups in total. The number of aromatic nitrogens is 4. The zero-order valence-corrected chi connectivity index (χ0v) is 14.7. The molecule has 0 aliphatic heterocycles. The third-order valence-corrected chi connectivity index (χ3v) is 4.57. The van der Waals surface area contributed by atoms with Crippen LogP contribution < -0.4 is 10.6 Å². The molecule has 6 nitrogen and oxygen atoms in total. The summed E-state index contributed by atoms with van der Waals surface area (Å²) >= 11 is 0. The van der Waals surface area contributed by atoms with Gasteiger partial charge in [0.05, 0.1) is 17.4 Å². The first kappa shape index (κ1) is 16.4. The zero-order valence-electron chi connectivity index (χ0n) is 14.7.